The fourth-order valence-corrected chi connectivity index (χ4v) is 1.55. The van der Waals surface area contributed by atoms with E-state index in [0.29, 0.717) is 0 Å². The highest BCUT2D eigenvalue weighted by Gasteiger charge is 2.27. The van der Waals surface area contributed by atoms with E-state index in [4.69, 9.17) is 4.74 Å². The Kier molecular flexibility index (Phi) is 5.02. The normalized spacial score (nSPS) is 14.6. The van der Waals surface area contributed by atoms with E-state index in [0.717, 1.165) is 36.6 Å². The molecule has 0 spiro atoms. The number of nitrogens with zero attached hydrogens (tertiary/aromatic N) is 2. The third-order valence-electron chi connectivity index (χ3n) is 3.22. The maximum absolute atomic E-state index is 5.53. The molecule has 0 saturated carbocycles. The van der Waals surface area contributed by atoms with E-state index in [2.05, 4.69) is 29.1 Å². The molecule has 4 heteroatoms. The van der Waals surface area contributed by atoms with Crippen molar-refractivity contribution in [2.24, 2.45) is 0 Å². The van der Waals surface area contributed by atoms with Gasteiger partial charge in [0.25, 0.3) is 0 Å². The van der Waals surface area contributed by atoms with Crippen LogP contribution >= 0.6 is 0 Å². The molecule has 17 heavy (non-hydrogen) atoms. The molecule has 0 bridgehead atoms. The van der Waals surface area contributed by atoms with Gasteiger partial charge in [-0.3, -0.25) is 0 Å². The second-order valence-corrected chi connectivity index (χ2v) is 4.39. The van der Waals surface area contributed by atoms with Gasteiger partial charge in [0.2, 0.25) is 0 Å². The fraction of sp³-hybridized carbons (Fsp3) is 0.692. The molecular formula is C13H23N3O. The number of nitrogens with one attached hydrogen (secondary N) is 1. The van der Waals surface area contributed by atoms with Crippen molar-refractivity contribution in [3.8, 4) is 0 Å². The number of hydrogen-bond acceptors (Lipinski definition) is 4. The van der Waals surface area contributed by atoms with Gasteiger partial charge < -0.3 is 10.1 Å². The lowest BCUT2D eigenvalue weighted by atomic mass is 10.0. The maximum atomic E-state index is 5.53. The Morgan fingerprint density at radius 2 is 2.12 bits per heavy atom. The summed E-state index contributed by atoms with van der Waals surface area (Å²) >= 11 is 0. The van der Waals surface area contributed by atoms with E-state index in [9.17, 15) is 0 Å². The molecule has 0 aromatic carbocycles. The van der Waals surface area contributed by atoms with Crippen LogP contribution in [0.2, 0.25) is 0 Å². The highest BCUT2D eigenvalue weighted by atomic mass is 16.5. The van der Waals surface area contributed by atoms with Crippen LogP contribution in [-0.4, -0.2) is 23.6 Å². The van der Waals surface area contributed by atoms with E-state index >= 15 is 0 Å². The molecule has 0 amide bonds. The van der Waals surface area contributed by atoms with Gasteiger partial charge in [0.1, 0.15) is 5.60 Å². The number of aromatic nitrogens is 2. The average molecular weight is 237 g/mol. The van der Waals surface area contributed by atoms with Crippen molar-refractivity contribution in [3.05, 3.63) is 23.3 Å². The van der Waals surface area contributed by atoms with Crippen LogP contribution in [0.3, 0.4) is 0 Å². The first-order chi connectivity index (χ1) is 8.07. The van der Waals surface area contributed by atoms with Crippen LogP contribution in [0.1, 0.15) is 44.3 Å². The molecule has 96 valence electrons. The number of aryl methyl sites for hydroxylation is 1. The van der Waals surface area contributed by atoms with Crippen molar-refractivity contribution >= 4 is 0 Å². The molecule has 1 heterocycles. The van der Waals surface area contributed by atoms with E-state index in [-0.39, 0.29) is 0 Å². The van der Waals surface area contributed by atoms with Crippen molar-refractivity contribution in [2.45, 2.75) is 46.3 Å². The number of rotatable bonds is 6. The molecule has 0 radical (unpaired) electrons. The summed E-state index contributed by atoms with van der Waals surface area (Å²) in [7, 11) is 1.71. The molecule has 1 aromatic rings. The Labute approximate surface area is 104 Å². The topological polar surface area (TPSA) is 47.0 Å². The van der Waals surface area contributed by atoms with E-state index in [1.807, 2.05) is 20.0 Å². The van der Waals surface area contributed by atoms with Crippen LogP contribution in [0.25, 0.3) is 0 Å². The summed E-state index contributed by atoms with van der Waals surface area (Å²) < 4.78 is 5.53. The van der Waals surface area contributed by atoms with Gasteiger partial charge in [-0.05, 0) is 32.4 Å². The quantitative estimate of drug-likeness (QED) is 0.823. The van der Waals surface area contributed by atoms with Crippen LogP contribution in [0.5, 0.6) is 0 Å². The zero-order valence-corrected chi connectivity index (χ0v) is 11.5. The summed E-state index contributed by atoms with van der Waals surface area (Å²) in [6.45, 7) is 9.94. The molecule has 1 atom stereocenters. The molecule has 1 unspecified atom stereocenters. The van der Waals surface area contributed by atoms with Crippen molar-refractivity contribution in [3.63, 3.8) is 0 Å². The van der Waals surface area contributed by atoms with Gasteiger partial charge in [-0.25, -0.2) is 9.97 Å². The Balaban J connectivity index is 3.02. The Morgan fingerprint density at radius 3 is 2.65 bits per heavy atom. The summed E-state index contributed by atoms with van der Waals surface area (Å²) in [6, 6.07) is 0. The first-order valence-corrected chi connectivity index (χ1v) is 6.16. The summed E-state index contributed by atoms with van der Waals surface area (Å²) in [6.07, 6.45) is 2.73. The molecule has 4 nitrogen and oxygen atoms in total. The Hall–Kier alpha value is -1.00. The van der Waals surface area contributed by atoms with Gasteiger partial charge in [-0.15, -0.1) is 0 Å². The van der Waals surface area contributed by atoms with Crippen molar-refractivity contribution < 1.29 is 4.74 Å². The van der Waals surface area contributed by atoms with Gasteiger partial charge in [-0.2, -0.15) is 0 Å². The van der Waals surface area contributed by atoms with E-state index in [1.165, 1.54) is 0 Å². The average Bonchev–Trinajstić information content (AvgIpc) is 2.36. The standard InChI is InChI=1S/C13H23N3O/c1-6-13(4,17-5)12-15-8-10(3)11(16-12)9-14-7-2/h8,14H,6-7,9H2,1-5H3. The van der Waals surface area contributed by atoms with E-state index in [1.54, 1.807) is 7.11 Å². The minimum Gasteiger partial charge on any atom is -0.371 e. The summed E-state index contributed by atoms with van der Waals surface area (Å²) in [5.74, 6) is 0.765. The van der Waals surface area contributed by atoms with Crippen LogP contribution in [0, 0.1) is 6.92 Å². The third kappa shape index (κ3) is 3.23. The highest BCUT2D eigenvalue weighted by Crippen LogP contribution is 2.25. The zero-order valence-electron chi connectivity index (χ0n) is 11.5. The summed E-state index contributed by atoms with van der Waals surface area (Å²) in [5.41, 5.74) is 1.77. The van der Waals surface area contributed by atoms with Crippen LogP contribution < -0.4 is 5.32 Å². The summed E-state index contributed by atoms with van der Waals surface area (Å²) in [4.78, 5) is 9.02. The monoisotopic (exact) mass is 237 g/mol. The zero-order chi connectivity index (χ0) is 12.9. The Morgan fingerprint density at radius 1 is 1.41 bits per heavy atom. The second-order valence-electron chi connectivity index (χ2n) is 4.39. The first-order valence-electron chi connectivity index (χ1n) is 6.16. The minimum atomic E-state index is -0.394. The fourth-order valence-electron chi connectivity index (χ4n) is 1.55. The lowest BCUT2D eigenvalue weighted by molar-refractivity contribution is -0.00920. The predicted octanol–water partition coefficient (Wildman–Crippen LogP) is 2.17. The predicted molar refractivity (Wildman–Crippen MR) is 68.8 cm³/mol. The van der Waals surface area contributed by atoms with E-state index < -0.39 is 5.60 Å². The third-order valence-corrected chi connectivity index (χ3v) is 3.22. The molecule has 1 aromatic heterocycles. The van der Waals surface area contributed by atoms with Crippen molar-refractivity contribution in [1.29, 1.82) is 0 Å². The molecular weight excluding hydrogens is 214 g/mol. The van der Waals surface area contributed by atoms with Crippen molar-refractivity contribution in [2.75, 3.05) is 13.7 Å². The largest absolute Gasteiger partial charge is 0.371 e. The second kappa shape index (κ2) is 6.07. The lowest BCUT2D eigenvalue weighted by Gasteiger charge is -2.25. The maximum Gasteiger partial charge on any atom is 0.160 e. The molecule has 0 aliphatic heterocycles. The van der Waals surface area contributed by atoms with Gasteiger partial charge >= 0.3 is 0 Å². The van der Waals surface area contributed by atoms with Crippen molar-refractivity contribution in [1.82, 2.24) is 15.3 Å². The van der Waals surface area contributed by atoms with Crippen LogP contribution in [0.15, 0.2) is 6.20 Å². The van der Waals surface area contributed by atoms with Gasteiger partial charge in [-0.1, -0.05) is 13.8 Å². The first kappa shape index (κ1) is 14.1. The molecule has 1 N–H and O–H groups in total. The van der Waals surface area contributed by atoms with Crippen LogP contribution in [-0.2, 0) is 16.9 Å². The molecule has 0 aliphatic carbocycles. The lowest BCUT2D eigenvalue weighted by Crippen LogP contribution is -2.27. The van der Waals surface area contributed by atoms with Gasteiger partial charge in [0, 0.05) is 19.9 Å². The molecule has 0 fully saturated rings. The molecule has 1 rings (SSSR count). The minimum absolute atomic E-state index is 0.394. The van der Waals surface area contributed by atoms with Crippen LogP contribution in [0.4, 0.5) is 0 Å². The Bertz CT molecular complexity index is 362. The number of hydrogen-bond donors (Lipinski definition) is 1. The van der Waals surface area contributed by atoms with Gasteiger partial charge in [0.05, 0.1) is 5.69 Å². The SMILES string of the molecule is CCNCc1nc(C(C)(CC)OC)ncc1C. The number of ether oxygens (including phenoxy) is 1. The highest BCUT2D eigenvalue weighted by molar-refractivity contribution is 5.17. The number of methoxy groups -OCH3 is 1. The van der Waals surface area contributed by atoms with Gasteiger partial charge in [0.15, 0.2) is 5.82 Å². The smallest absolute Gasteiger partial charge is 0.160 e. The molecule has 0 saturated heterocycles. The molecule has 0 aliphatic rings. The summed E-state index contributed by atoms with van der Waals surface area (Å²) in [5, 5.41) is 3.29.